The quantitative estimate of drug-likeness (QED) is 0.809. The van der Waals surface area contributed by atoms with Crippen LogP contribution in [-0.4, -0.2) is 23.5 Å². The summed E-state index contributed by atoms with van der Waals surface area (Å²) in [5.74, 6) is -0.339. The van der Waals surface area contributed by atoms with Crippen LogP contribution in [0, 0.1) is 0 Å². The van der Waals surface area contributed by atoms with Crippen LogP contribution in [0.1, 0.15) is 12.8 Å². The van der Waals surface area contributed by atoms with E-state index in [9.17, 15) is 9.59 Å². The van der Waals surface area contributed by atoms with Crippen LogP contribution >= 0.6 is 0 Å². The molecule has 0 bridgehead atoms. The Morgan fingerprint density at radius 1 is 1.21 bits per heavy atom. The lowest BCUT2D eigenvalue weighted by Gasteiger charge is -2.14. The summed E-state index contributed by atoms with van der Waals surface area (Å²) in [6, 6.07) is 13.3. The van der Waals surface area contributed by atoms with E-state index in [0.29, 0.717) is 12.0 Å². The highest BCUT2D eigenvalue weighted by Crippen LogP contribution is 2.26. The number of fused-ring (bicyclic) bond motifs is 1. The van der Waals surface area contributed by atoms with E-state index in [-0.39, 0.29) is 12.8 Å². The van der Waals surface area contributed by atoms with E-state index in [1.54, 1.807) is 6.07 Å². The number of aliphatic carboxylic acids is 1. The van der Waals surface area contributed by atoms with Crippen LogP contribution in [0.25, 0.3) is 10.8 Å². The van der Waals surface area contributed by atoms with E-state index in [1.807, 2.05) is 36.4 Å². The van der Waals surface area contributed by atoms with Gasteiger partial charge >= 0.3 is 5.97 Å². The second-order valence-corrected chi connectivity index (χ2v) is 4.20. The first-order chi connectivity index (χ1) is 9.20. The van der Waals surface area contributed by atoms with E-state index in [1.165, 1.54) is 0 Å². The Bertz CT molecular complexity index is 586. The number of benzene rings is 2. The van der Waals surface area contributed by atoms with Gasteiger partial charge < -0.3 is 9.84 Å². The van der Waals surface area contributed by atoms with Gasteiger partial charge in [-0.3, -0.25) is 9.59 Å². The maximum atomic E-state index is 10.9. The van der Waals surface area contributed by atoms with Gasteiger partial charge in [-0.1, -0.05) is 36.4 Å². The van der Waals surface area contributed by atoms with Crippen molar-refractivity contribution in [3.63, 3.8) is 0 Å². The normalized spacial score (nSPS) is 12.0. The summed E-state index contributed by atoms with van der Waals surface area (Å²) in [6.45, 7) is 0. The monoisotopic (exact) mass is 258 g/mol. The SMILES string of the molecule is O=CC(CCC(=O)O)Oc1cccc2ccccc12. The van der Waals surface area contributed by atoms with E-state index in [4.69, 9.17) is 9.84 Å². The molecule has 4 nitrogen and oxygen atoms in total. The van der Waals surface area contributed by atoms with Gasteiger partial charge in [-0.15, -0.1) is 0 Å². The third-order valence-corrected chi connectivity index (χ3v) is 2.82. The number of carbonyl (C=O) groups is 2. The summed E-state index contributed by atoms with van der Waals surface area (Å²) in [5, 5.41) is 10.6. The molecular formula is C15H14O4. The number of rotatable bonds is 6. The van der Waals surface area contributed by atoms with Crippen LogP contribution in [0.15, 0.2) is 42.5 Å². The molecule has 2 aromatic carbocycles. The molecule has 0 fully saturated rings. The second kappa shape index (κ2) is 6.00. The van der Waals surface area contributed by atoms with Crippen LogP contribution in [-0.2, 0) is 9.59 Å². The topological polar surface area (TPSA) is 63.6 Å². The lowest BCUT2D eigenvalue weighted by atomic mass is 10.1. The first-order valence-corrected chi connectivity index (χ1v) is 6.02. The van der Waals surface area contributed by atoms with Crippen molar-refractivity contribution in [3.8, 4) is 5.75 Å². The molecule has 19 heavy (non-hydrogen) atoms. The molecular weight excluding hydrogens is 244 g/mol. The molecule has 1 N–H and O–H groups in total. The van der Waals surface area contributed by atoms with Gasteiger partial charge in [-0.2, -0.15) is 0 Å². The highest BCUT2D eigenvalue weighted by molar-refractivity contribution is 5.88. The minimum absolute atomic E-state index is 0.0891. The molecule has 4 heteroatoms. The number of carboxylic acid groups (broad SMARTS) is 1. The third-order valence-electron chi connectivity index (χ3n) is 2.82. The Labute approximate surface area is 110 Å². The van der Waals surface area contributed by atoms with Gasteiger partial charge in [0.1, 0.15) is 5.75 Å². The van der Waals surface area contributed by atoms with Crippen molar-refractivity contribution in [1.82, 2.24) is 0 Å². The van der Waals surface area contributed by atoms with Crippen molar-refractivity contribution in [3.05, 3.63) is 42.5 Å². The molecule has 2 rings (SSSR count). The van der Waals surface area contributed by atoms with Crippen molar-refractivity contribution < 1.29 is 19.4 Å². The van der Waals surface area contributed by atoms with Crippen molar-refractivity contribution >= 4 is 23.0 Å². The minimum Gasteiger partial charge on any atom is -0.482 e. The Balaban J connectivity index is 2.19. The molecule has 0 saturated heterocycles. The molecule has 0 aliphatic carbocycles. The summed E-state index contributed by atoms with van der Waals surface area (Å²) in [4.78, 5) is 21.5. The van der Waals surface area contributed by atoms with Gasteiger partial charge in [0.15, 0.2) is 12.4 Å². The number of carboxylic acids is 1. The highest BCUT2D eigenvalue weighted by Gasteiger charge is 2.12. The van der Waals surface area contributed by atoms with Crippen LogP contribution in [0.3, 0.4) is 0 Å². The van der Waals surface area contributed by atoms with Gasteiger partial charge in [0, 0.05) is 18.2 Å². The second-order valence-electron chi connectivity index (χ2n) is 4.20. The summed E-state index contributed by atoms with van der Waals surface area (Å²) >= 11 is 0. The zero-order chi connectivity index (χ0) is 13.7. The summed E-state index contributed by atoms with van der Waals surface area (Å²) in [5.41, 5.74) is 0. The molecule has 0 aromatic heterocycles. The van der Waals surface area contributed by atoms with E-state index in [0.717, 1.165) is 10.8 Å². The predicted octanol–water partition coefficient (Wildman–Crippen LogP) is 2.65. The average molecular weight is 258 g/mol. The number of aldehydes is 1. The minimum atomic E-state index is -0.937. The zero-order valence-corrected chi connectivity index (χ0v) is 10.3. The molecule has 0 saturated carbocycles. The number of hydrogen-bond donors (Lipinski definition) is 1. The summed E-state index contributed by atoms with van der Waals surface area (Å²) in [6.07, 6.45) is -0.0112. The van der Waals surface area contributed by atoms with E-state index < -0.39 is 12.1 Å². The molecule has 1 unspecified atom stereocenters. The van der Waals surface area contributed by atoms with Gasteiger partial charge in [-0.05, 0) is 11.5 Å². The number of carbonyl (C=O) groups excluding carboxylic acids is 1. The molecule has 0 spiro atoms. The maximum absolute atomic E-state index is 10.9. The predicted molar refractivity (Wildman–Crippen MR) is 71.3 cm³/mol. The zero-order valence-electron chi connectivity index (χ0n) is 10.3. The first kappa shape index (κ1) is 13.1. The Morgan fingerprint density at radius 2 is 1.95 bits per heavy atom. The first-order valence-electron chi connectivity index (χ1n) is 6.02. The lowest BCUT2D eigenvalue weighted by Crippen LogP contribution is -2.19. The van der Waals surface area contributed by atoms with Crippen molar-refractivity contribution in [1.29, 1.82) is 0 Å². The van der Waals surface area contributed by atoms with Crippen LogP contribution in [0.5, 0.6) is 5.75 Å². The van der Waals surface area contributed by atoms with Gasteiger partial charge in [0.05, 0.1) is 0 Å². The molecule has 1 atom stereocenters. The molecule has 2 aromatic rings. The van der Waals surface area contributed by atoms with E-state index in [2.05, 4.69) is 0 Å². The van der Waals surface area contributed by atoms with Crippen LogP contribution in [0.2, 0.25) is 0 Å². The van der Waals surface area contributed by atoms with Crippen molar-refractivity contribution in [2.45, 2.75) is 18.9 Å². The smallest absolute Gasteiger partial charge is 0.303 e. The standard InChI is InChI=1S/C15H14O4/c16-10-12(8-9-15(17)18)19-14-7-3-5-11-4-1-2-6-13(11)14/h1-7,10,12H,8-9H2,(H,17,18). The number of ether oxygens (including phenoxy) is 1. The average Bonchev–Trinajstić information content (AvgIpc) is 2.43. The van der Waals surface area contributed by atoms with Crippen molar-refractivity contribution in [2.75, 3.05) is 0 Å². The third kappa shape index (κ3) is 3.31. The largest absolute Gasteiger partial charge is 0.482 e. The lowest BCUT2D eigenvalue weighted by molar-refractivity contribution is -0.137. The summed E-state index contributed by atoms with van der Waals surface area (Å²) < 4.78 is 5.60. The van der Waals surface area contributed by atoms with Gasteiger partial charge in [0.2, 0.25) is 0 Å². The molecule has 0 heterocycles. The molecule has 0 radical (unpaired) electrons. The fourth-order valence-electron chi connectivity index (χ4n) is 1.88. The summed E-state index contributed by atoms with van der Waals surface area (Å²) in [7, 11) is 0. The highest BCUT2D eigenvalue weighted by atomic mass is 16.5. The van der Waals surface area contributed by atoms with E-state index >= 15 is 0 Å². The molecule has 0 amide bonds. The van der Waals surface area contributed by atoms with Crippen LogP contribution in [0.4, 0.5) is 0 Å². The fraction of sp³-hybridized carbons (Fsp3) is 0.200. The molecule has 0 aliphatic rings. The Morgan fingerprint density at radius 3 is 2.68 bits per heavy atom. The Hall–Kier alpha value is -2.36. The van der Waals surface area contributed by atoms with Crippen LogP contribution < -0.4 is 4.74 Å². The molecule has 98 valence electrons. The van der Waals surface area contributed by atoms with Gasteiger partial charge in [-0.25, -0.2) is 0 Å². The fourth-order valence-corrected chi connectivity index (χ4v) is 1.88. The molecule has 0 aliphatic heterocycles. The number of hydrogen-bond acceptors (Lipinski definition) is 3. The van der Waals surface area contributed by atoms with Gasteiger partial charge in [0.25, 0.3) is 0 Å². The maximum Gasteiger partial charge on any atom is 0.303 e. The Kier molecular flexibility index (Phi) is 4.13. The van der Waals surface area contributed by atoms with Crippen molar-refractivity contribution in [2.24, 2.45) is 0 Å².